The van der Waals surface area contributed by atoms with Gasteiger partial charge >= 0.3 is 0 Å². The van der Waals surface area contributed by atoms with E-state index in [2.05, 4.69) is 278 Å². The summed E-state index contributed by atoms with van der Waals surface area (Å²) >= 11 is 0. The largest absolute Gasteiger partial charge is 0.309 e. The van der Waals surface area contributed by atoms with Gasteiger partial charge in [0.25, 0.3) is 0 Å². The SMILES string of the molecule is c1ccc(-c2nc(-c3ccccc3)nc(-c3ccc(-n4c5ccccc5c5cc6c7ccccc7n(-c7ccccc7)c6cc54)cc3-c3cc(-c4ccncc4)ccc3-n3c4ccccc4c4cc5c6ccccc6n(-c6ccccc6)c5cc43)n2)cc1. The summed E-state index contributed by atoms with van der Waals surface area (Å²) in [5.41, 5.74) is 19.8. The molecule has 12 aromatic carbocycles. The number of para-hydroxylation sites is 6. The Labute approximate surface area is 505 Å². The van der Waals surface area contributed by atoms with Gasteiger partial charge in [-0.05, 0) is 132 Å². The Morgan fingerprint density at radius 3 is 1.08 bits per heavy atom. The minimum atomic E-state index is 0.558. The minimum Gasteiger partial charge on any atom is -0.309 e. The highest BCUT2D eigenvalue weighted by molar-refractivity contribution is 6.21. The zero-order chi connectivity index (χ0) is 57.8. The second kappa shape index (κ2) is 19.8. The molecule has 0 saturated heterocycles. The average Bonchev–Trinajstić information content (AvgIpc) is 1.59. The van der Waals surface area contributed by atoms with Gasteiger partial charge in [0.05, 0.1) is 49.8 Å². The molecule has 0 spiro atoms. The Morgan fingerprint density at radius 1 is 0.205 bits per heavy atom. The van der Waals surface area contributed by atoms with Crippen LogP contribution >= 0.6 is 0 Å². The Balaban J connectivity index is 0.974. The summed E-state index contributed by atoms with van der Waals surface area (Å²) < 4.78 is 9.76. The van der Waals surface area contributed by atoms with E-state index in [1.807, 2.05) is 48.8 Å². The summed E-state index contributed by atoms with van der Waals surface area (Å²) in [5.74, 6) is 1.73. The van der Waals surface area contributed by atoms with Crippen molar-refractivity contribution in [1.29, 1.82) is 0 Å². The van der Waals surface area contributed by atoms with Crippen LogP contribution in [-0.4, -0.2) is 38.2 Å². The molecule has 6 aromatic heterocycles. The molecular weight excluding hydrogens is 1070 g/mol. The lowest BCUT2D eigenvalue weighted by Gasteiger charge is -2.20. The molecule has 410 valence electrons. The van der Waals surface area contributed by atoms with Gasteiger partial charge in [-0.2, -0.15) is 0 Å². The van der Waals surface area contributed by atoms with Gasteiger partial charge in [-0.15, -0.1) is 0 Å². The molecule has 0 aliphatic heterocycles. The first-order valence-corrected chi connectivity index (χ1v) is 29.8. The molecule has 0 amide bonds. The van der Waals surface area contributed by atoms with Crippen molar-refractivity contribution in [1.82, 2.24) is 38.2 Å². The van der Waals surface area contributed by atoms with E-state index < -0.39 is 0 Å². The summed E-state index contributed by atoms with van der Waals surface area (Å²) in [4.78, 5) is 20.7. The fraction of sp³-hybridized carbons (Fsp3) is 0. The topological polar surface area (TPSA) is 71.3 Å². The average molecular weight is 1120 g/mol. The standard InChI is InChI=1S/C80H50N8/c1-5-21-52(22-6-1)78-82-79(53-23-7-2-8-24-53)84-80(83-78)62-39-38-57(87-71-35-19-15-31-60(71)67-47-65-58-29-13-17-33-69(58)85(74(65)49-76(67)87)55-25-9-3-10-26-55)46-63(62)64-45-54(51-41-43-81-44-42-51)37-40-73(64)88-72-36-20-16-32-61(72)68-48-66-59-30-14-18-34-70(59)86(75(66)50-77(68)88)56-27-11-4-12-28-56/h1-50H. The smallest absolute Gasteiger partial charge is 0.164 e. The Bertz CT molecular complexity index is 5730. The summed E-state index contributed by atoms with van der Waals surface area (Å²) in [6.07, 6.45) is 3.74. The van der Waals surface area contributed by atoms with E-state index in [1.54, 1.807) is 0 Å². The van der Waals surface area contributed by atoms with E-state index in [-0.39, 0.29) is 0 Å². The highest BCUT2D eigenvalue weighted by atomic mass is 15.0. The molecule has 18 rings (SSSR count). The highest BCUT2D eigenvalue weighted by Crippen LogP contribution is 2.46. The van der Waals surface area contributed by atoms with Crippen molar-refractivity contribution in [3.63, 3.8) is 0 Å². The number of nitrogens with zero attached hydrogens (tertiary/aromatic N) is 8. The molecule has 0 aliphatic carbocycles. The lowest BCUT2D eigenvalue weighted by molar-refractivity contribution is 1.07. The summed E-state index contributed by atoms with van der Waals surface area (Å²) in [7, 11) is 0. The van der Waals surface area contributed by atoms with Gasteiger partial charge in [0.2, 0.25) is 0 Å². The number of rotatable bonds is 9. The fourth-order valence-electron chi connectivity index (χ4n) is 13.8. The third kappa shape index (κ3) is 7.72. The Kier molecular flexibility index (Phi) is 11.1. The molecular formula is C80H50N8. The van der Waals surface area contributed by atoms with Gasteiger partial charge in [0, 0.05) is 94.8 Å². The predicted octanol–water partition coefficient (Wildman–Crippen LogP) is 20.0. The molecule has 8 heteroatoms. The van der Waals surface area contributed by atoms with Crippen molar-refractivity contribution < 1.29 is 0 Å². The number of pyridine rings is 1. The molecule has 0 aliphatic rings. The second-order valence-corrected chi connectivity index (χ2v) is 22.6. The van der Waals surface area contributed by atoms with E-state index in [0.717, 1.165) is 111 Å². The van der Waals surface area contributed by atoms with Crippen LogP contribution in [0.1, 0.15) is 0 Å². The molecule has 88 heavy (non-hydrogen) atoms. The molecule has 8 nitrogen and oxygen atoms in total. The van der Waals surface area contributed by atoms with Crippen molar-refractivity contribution in [3.05, 3.63) is 304 Å². The third-order valence-electron chi connectivity index (χ3n) is 17.7. The van der Waals surface area contributed by atoms with Crippen molar-refractivity contribution in [2.75, 3.05) is 0 Å². The maximum absolute atomic E-state index is 5.49. The summed E-state index contributed by atoms with van der Waals surface area (Å²) in [6, 6.07) is 105. The van der Waals surface area contributed by atoms with E-state index in [1.165, 1.54) is 37.7 Å². The number of aromatic nitrogens is 8. The van der Waals surface area contributed by atoms with Gasteiger partial charge in [0.15, 0.2) is 17.5 Å². The summed E-state index contributed by atoms with van der Waals surface area (Å²) in [5, 5.41) is 9.49. The number of hydrogen-bond donors (Lipinski definition) is 0. The molecule has 0 atom stereocenters. The Morgan fingerprint density at radius 2 is 0.602 bits per heavy atom. The first-order chi connectivity index (χ1) is 43.7. The third-order valence-corrected chi connectivity index (χ3v) is 17.7. The maximum atomic E-state index is 5.49. The highest BCUT2D eigenvalue weighted by Gasteiger charge is 2.26. The van der Waals surface area contributed by atoms with Crippen LogP contribution in [0.15, 0.2) is 304 Å². The van der Waals surface area contributed by atoms with Crippen LogP contribution in [-0.2, 0) is 0 Å². The normalized spacial score (nSPS) is 11.9. The van der Waals surface area contributed by atoms with Crippen LogP contribution in [0.5, 0.6) is 0 Å². The zero-order valence-electron chi connectivity index (χ0n) is 47.4. The zero-order valence-corrected chi connectivity index (χ0v) is 47.4. The van der Waals surface area contributed by atoms with Crippen molar-refractivity contribution in [2.45, 2.75) is 0 Å². The molecule has 0 fully saturated rings. The lowest BCUT2D eigenvalue weighted by Crippen LogP contribution is -2.04. The fourth-order valence-corrected chi connectivity index (χ4v) is 13.8. The predicted molar refractivity (Wildman–Crippen MR) is 362 cm³/mol. The van der Waals surface area contributed by atoms with Gasteiger partial charge in [0.1, 0.15) is 0 Å². The number of benzene rings is 12. The molecule has 0 unspecified atom stereocenters. The van der Waals surface area contributed by atoms with Crippen molar-refractivity contribution in [2.24, 2.45) is 0 Å². The van der Waals surface area contributed by atoms with Crippen LogP contribution in [0.25, 0.3) is 166 Å². The maximum Gasteiger partial charge on any atom is 0.164 e. The Hall–Kier alpha value is -12.0. The molecule has 0 N–H and O–H groups in total. The van der Waals surface area contributed by atoms with Crippen LogP contribution in [0.4, 0.5) is 0 Å². The van der Waals surface area contributed by atoms with Gasteiger partial charge in [-0.1, -0.05) is 176 Å². The van der Waals surface area contributed by atoms with E-state index in [4.69, 9.17) is 15.0 Å². The summed E-state index contributed by atoms with van der Waals surface area (Å²) in [6.45, 7) is 0. The van der Waals surface area contributed by atoms with E-state index in [9.17, 15) is 0 Å². The van der Waals surface area contributed by atoms with Crippen LogP contribution in [0.3, 0.4) is 0 Å². The first kappa shape index (κ1) is 49.4. The van der Waals surface area contributed by atoms with Crippen molar-refractivity contribution >= 4 is 87.2 Å². The van der Waals surface area contributed by atoms with E-state index in [0.29, 0.717) is 17.5 Å². The van der Waals surface area contributed by atoms with Crippen LogP contribution in [0.2, 0.25) is 0 Å². The van der Waals surface area contributed by atoms with Crippen LogP contribution in [0, 0.1) is 0 Å². The molecule has 0 saturated carbocycles. The van der Waals surface area contributed by atoms with Crippen molar-refractivity contribution in [3.8, 4) is 79.2 Å². The van der Waals surface area contributed by atoms with E-state index >= 15 is 0 Å². The molecule has 0 bridgehead atoms. The number of fused-ring (bicyclic) bond motifs is 12. The second-order valence-electron chi connectivity index (χ2n) is 22.6. The number of hydrogen-bond acceptors (Lipinski definition) is 4. The van der Waals surface area contributed by atoms with Gasteiger partial charge in [-0.25, -0.2) is 15.0 Å². The monoisotopic (exact) mass is 1120 g/mol. The van der Waals surface area contributed by atoms with Crippen LogP contribution < -0.4 is 0 Å². The molecule has 6 heterocycles. The minimum absolute atomic E-state index is 0.558. The lowest BCUT2D eigenvalue weighted by atomic mass is 9.93. The van der Waals surface area contributed by atoms with Gasteiger partial charge in [-0.3, -0.25) is 4.98 Å². The molecule has 0 radical (unpaired) electrons. The first-order valence-electron chi connectivity index (χ1n) is 29.8. The molecule has 18 aromatic rings. The van der Waals surface area contributed by atoms with Gasteiger partial charge < -0.3 is 18.3 Å². The quantitative estimate of drug-likeness (QED) is 0.144.